The van der Waals surface area contributed by atoms with Crippen molar-refractivity contribution in [2.75, 3.05) is 38.8 Å². The van der Waals surface area contributed by atoms with Gasteiger partial charge in [-0.3, -0.25) is 14.9 Å². The number of hydrogen-bond donors (Lipinski definition) is 1. The lowest BCUT2D eigenvalue weighted by molar-refractivity contribution is -0.384. The number of rotatable bonds is 4. The van der Waals surface area contributed by atoms with Crippen LogP contribution in [0.2, 0.25) is 0 Å². The van der Waals surface area contributed by atoms with Gasteiger partial charge in [0, 0.05) is 41.3 Å². The number of aryl methyl sites for hydroxylation is 1. The van der Waals surface area contributed by atoms with E-state index in [1.165, 1.54) is 17.2 Å². The van der Waals surface area contributed by atoms with Gasteiger partial charge < -0.3 is 20.1 Å². The second-order valence-electron chi connectivity index (χ2n) is 5.23. The Kier molecular flexibility index (Phi) is 6.15. The summed E-state index contributed by atoms with van der Waals surface area (Å²) in [6, 6.07) is 1.40. The van der Waals surface area contributed by atoms with E-state index in [2.05, 4.69) is 15.0 Å². The van der Waals surface area contributed by atoms with E-state index in [1.54, 1.807) is 44.7 Å². The molecule has 2 aromatic heterocycles. The summed E-state index contributed by atoms with van der Waals surface area (Å²) in [7, 11) is 8.59. The Balaban J connectivity index is 0.000000505. The van der Waals surface area contributed by atoms with Crippen LogP contribution in [0, 0.1) is 10.1 Å². The van der Waals surface area contributed by atoms with Crippen LogP contribution in [0.4, 0.5) is 17.6 Å². The van der Waals surface area contributed by atoms with Crippen LogP contribution in [0.15, 0.2) is 12.3 Å². The van der Waals surface area contributed by atoms with Gasteiger partial charge in [-0.1, -0.05) is 0 Å². The van der Waals surface area contributed by atoms with Gasteiger partial charge in [-0.05, 0) is 0 Å². The second kappa shape index (κ2) is 7.85. The van der Waals surface area contributed by atoms with Gasteiger partial charge in [0.2, 0.25) is 18.3 Å². The Bertz CT molecular complexity index is 726. The van der Waals surface area contributed by atoms with Crippen LogP contribution in [0.3, 0.4) is 0 Å². The molecule has 11 heteroatoms. The van der Waals surface area contributed by atoms with E-state index in [0.717, 1.165) is 6.41 Å². The standard InChI is InChI=1S/C10H13N7O2.C3H7NO/c1-15(2)10-13-8(12-9(11)14-10)7-4-6(17(18)19)5-16(7)3;1-4(2)3-5/h4-5H,1-3H3,(H2,11,12,13,14);3H,1-2H3. The molecular weight excluding hydrogens is 316 g/mol. The minimum absolute atomic E-state index is 0.0251. The van der Waals surface area contributed by atoms with E-state index in [-0.39, 0.29) is 11.6 Å². The summed E-state index contributed by atoms with van der Waals surface area (Å²) in [5.41, 5.74) is 6.10. The highest BCUT2D eigenvalue weighted by atomic mass is 16.6. The van der Waals surface area contributed by atoms with E-state index >= 15 is 0 Å². The number of hydrogen-bond acceptors (Lipinski definition) is 8. The van der Waals surface area contributed by atoms with Crippen molar-refractivity contribution in [3.05, 3.63) is 22.4 Å². The lowest BCUT2D eigenvalue weighted by Gasteiger charge is -2.11. The number of nitrogens with zero attached hydrogens (tertiary/aromatic N) is 7. The molecule has 0 aliphatic heterocycles. The van der Waals surface area contributed by atoms with Crippen LogP contribution in [-0.4, -0.2) is 63.9 Å². The number of carbonyl (C=O) groups is 1. The smallest absolute Gasteiger partial charge is 0.287 e. The first-order valence-corrected chi connectivity index (χ1v) is 6.77. The quantitative estimate of drug-likeness (QED) is 0.473. The first-order valence-electron chi connectivity index (χ1n) is 6.77. The molecule has 2 heterocycles. The van der Waals surface area contributed by atoms with Crippen LogP contribution in [-0.2, 0) is 11.8 Å². The number of nitrogens with two attached hydrogens (primary N) is 1. The average molecular weight is 336 g/mol. The average Bonchev–Trinajstić information content (AvgIpc) is 2.89. The predicted molar refractivity (Wildman–Crippen MR) is 89.4 cm³/mol. The molecule has 130 valence electrons. The molecule has 0 saturated heterocycles. The molecule has 0 aromatic carbocycles. The Morgan fingerprint density at radius 3 is 2.25 bits per heavy atom. The third kappa shape index (κ3) is 4.90. The number of aromatic nitrogens is 4. The zero-order valence-corrected chi connectivity index (χ0v) is 14.2. The van der Waals surface area contributed by atoms with Crippen molar-refractivity contribution in [3.8, 4) is 11.5 Å². The van der Waals surface area contributed by atoms with Crippen LogP contribution in [0.5, 0.6) is 0 Å². The minimum Gasteiger partial charge on any atom is -0.368 e. The summed E-state index contributed by atoms with van der Waals surface area (Å²) in [6.07, 6.45) is 2.14. The van der Waals surface area contributed by atoms with E-state index in [9.17, 15) is 14.9 Å². The van der Waals surface area contributed by atoms with Gasteiger partial charge >= 0.3 is 0 Å². The number of amides is 1. The molecule has 2 rings (SSSR count). The fraction of sp³-hybridized carbons (Fsp3) is 0.385. The summed E-state index contributed by atoms with van der Waals surface area (Å²) in [5.74, 6) is 0.760. The summed E-state index contributed by atoms with van der Waals surface area (Å²) >= 11 is 0. The molecule has 0 bridgehead atoms. The number of nitro groups is 1. The highest BCUT2D eigenvalue weighted by Gasteiger charge is 2.17. The van der Waals surface area contributed by atoms with E-state index in [1.807, 2.05) is 0 Å². The van der Waals surface area contributed by atoms with Gasteiger partial charge in [0.25, 0.3) is 5.69 Å². The Hall–Kier alpha value is -3.24. The fourth-order valence-corrected chi connectivity index (χ4v) is 1.56. The van der Waals surface area contributed by atoms with Crippen molar-refractivity contribution < 1.29 is 9.72 Å². The Labute approximate surface area is 138 Å². The molecule has 1 amide bonds. The van der Waals surface area contributed by atoms with E-state index in [0.29, 0.717) is 17.5 Å². The zero-order chi connectivity index (χ0) is 18.4. The van der Waals surface area contributed by atoms with Gasteiger partial charge in [0.1, 0.15) is 0 Å². The van der Waals surface area contributed by atoms with Crippen LogP contribution >= 0.6 is 0 Å². The van der Waals surface area contributed by atoms with E-state index in [4.69, 9.17) is 5.73 Å². The molecule has 0 aliphatic carbocycles. The maximum Gasteiger partial charge on any atom is 0.287 e. The molecule has 0 radical (unpaired) electrons. The summed E-state index contributed by atoms with van der Waals surface area (Å²) < 4.78 is 1.58. The summed E-state index contributed by atoms with van der Waals surface area (Å²) in [6.45, 7) is 0. The molecule has 0 atom stereocenters. The third-order valence-electron chi connectivity index (χ3n) is 2.68. The van der Waals surface area contributed by atoms with Gasteiger partial charge in [0.15, 0.2) is 5.82 Å². The largest absolute Gasteiger partial charge is 0.368 e. The maximum atomic E-state index is 10.7. The molecular formula is C13H20N8O3. The SMILES string of the molecule is CN(C)C=O.CN(C)c1nc(N)nc(-c2cc([N+](=O)[O-])cn2C)n1. The molecule has 11 nitrogen and oxygen atoms in total. The monoisotopic (exact) mass is 336 g/mol. The lowest BCUT2D eigenvalue weighted by Crippen LogP contribution is -2.15. The molecule has 0 saturated carbocycles. The van der Waals surface area contributed by atoms with E-state index < -0.39 is 4.92 Å². The molecule has 2 N–H and O–H groups in total. The van der Waals surface area contributed by atoms with Crippen molar-refractivity contribution in [1.82, 2.24) is 24.4 Å². The van der Waals surface area contributed by atoms with Crippen LogP contribution in [0.25, 0.3) is 11.5 Å². The van der Waals surface area contributed by atoms with Crippen molar-refractivity contribution in [2.45, 2.75) is 0 Å². The van der Waals surface area contributed by atoms with Gasteiger partial charge in [-0.25, -0.2) is 0 Å². The van der Waals surface area contributed by atoms with Gasteiger partial charge in [-0.2, -0.15) is 15.0 Å². The second-order valence-corrected chi connectivity index (χ2v) is 5.23. The van der Waals surface area contributed by atoms with Crippen LogP contribution < -0.4 is 10.6 Å². The van der Waals surface area contributed by atoms with Crippen molar-refractivity contribution in [2.24, 2.45) is 7.05 Å². The summed E-state index contributed by atoms with van der Waals surface area (Å²) in [4.78, 5) is 35.0. The molecule has 0 fully saturated rings. The molecule has 0 unspecified atom stereocenters. The minimum atomic E-state index is -0.471. The Morgan fingerprint density at radius 1 is 1.25 bits per heavy atom. The lowest BCUT2D eigenvalue weighted by atomic mass is 10.4. The van der Waals surface area contributed by atoms with Gasteiger partial charge in [-0.15, -0.1) is 0 Å². The number of carbonyl (C=O) groups excluding carboxylic acids is 1. The van der Waals surface area contributed by atoms with Crippen molar-refractivity contribution in [1.29, 1.82) is 0 Å². The highest BCUT2D eigenvalue weighted by molar-refractivity contribution is 5.58. The first-order chi connectivity index (χ1) is 11.1. The maximum absolute atomic E-state index is 10.7. The van der Waals surface area contributed by atoms with Crippen molar-refractivity contribution >= 4 is 24.0 Å². The third-order valence-corrected chi connectivity index (χ3v) is 2.68. The van der Waals surface area contributed by atoms with Crippen LogP contribution in [0.1, 0.15) is 0 Å². The normalized spacial score (nSPS) is 9.71. The predicted octanol–water partition coefficient (Wildman–Crippen LogP) is 0.138. The zero-order valence-electron chi connectivity index (χ0n) is 14.2. The Morgan fingerprint density at radius 2 is 1.83 bits per heavy atom. The highest BCUT2D eigenvalue weighted by Crippen LogP contribution is 2.24. The van der Waals surface area contributed by atoms with Crippen molar-refractivity contribution in [3.63, 3.8) is 0 Å². The molecule has 2 aromatic rings. The molecule has 0 spiro atoms. The molecule has 24 heavy (non-hydrogen) atoms. The van der Waals surface area contributed by atoms with Gasteiger partial charge in [0.05, 0.1) is 16.8 Å². The summed E-state index contributed by atoms with van der Waals surface area (Å²) in [5, 5.41) is 10.7. The first kappa shape index (κ1) is 18.8. The molecule has 0 aliphatic rings. The topological polar surface area (TPSA) is 136 Å². The number of nitrogen functional groups attached to an aromatic ring is 1. The number of anilines is 2. The fourth-order valence-electron chi connectivity index (χ4n) is 1.56.